The first-order chi connectivity index (χ1) is 12.2. The van der Waals surface area contributed by atoms with Crippen LogP contribution in [-0.2, 0) is 9.47 Å². The molecule has 0 fully saturated rings. The van der Waals surface area contributed by atoms with E-state index in [0.29, 0.717) is 10.0 Å². The van der Waals surface area contributed by atoms with E-state index in [-0.39, 0.29) is 0 Å². The first-order valence-electron chi connectivity index (χ1n) is 8.14. The number of ether oxygens (including phenoxy) is 2. The quantitative estimate of drug-likeness (QED) is 0.505. The van der Waals surface area contributed by atoms with Gasteiger partial charge in [0.25, 0.3) is 5.91 Å². The summed E-state index contributed by atoms with van der Waals surface area (Å²) in [6.07, 6.45) is -1.84. The van der Waals surface area contributed by atoms with Gasteiger partial charge in [0.1, 0.15) is 11.2 Å². The standard InChI is InChI=1S/C18H24BrN3O5/c1-17(2,3)26-15(24)21-14(22-16(25)27-18(4,5)6)20-13(23)11-8-7-9-12(19)10-11/h7-10H,1-6H3,(H2,20,21,22,23,24,25). The van der Waals surface area contributed by atoms with Crippen molar-refractivity contribution in [2.24, 2.45) is 4.99 Å². The van der Waals surface area contributed by atoms with Crippen LogP contribution in [0.3, 0.4) is 0 Å². The molecule has 148 valence electrons. The third-order valence-electron chi connectivity index (χ3n) is 2.53. The Morgan fingerprint density at radius 2 is 1.56 bits per heavy atom. The minimum Gasteiger partial charge on any atom is -0.444 e. The second kappa shape index (κ2) is 8.98. The summed E-state index contributed by atoms with van der Waals surface area (Å²) in [6, 6.07) is 6.57. The summed E-state index contributed by atoms with van der Waals surface area (Å²) >= 11 is 3.27. The van der Waals surface area contributed by atoms with Gasteiger partial charge in [-0.2, -0.15) is 0 Å². The third-order valence-corrected chi connectivity index (χ3v) is 3.03. The van der Waals surface area contributed by atoms with E-state index in [1.54, 1.807) is 65.8 Å². The molecule has 1 aromatic carbocycles. The predicted octanol–water partition coefficient (Wildman–Crippen LogP) is 3.99. The number of amides is 3. The number of carbonyl (C=O) groups excluding carboxylic acids is 3. The van der Waals surface area contributed by atoms with Crippen LogP contribution in [0.2, 0.25) is 0 Å². The lowest BCUT2D eigenvalue weighted by atomic mass is 10.2. The van der Waals surface area contributed by atoms with Gasteiger partial charge >= 0.3 is 12.2 Å². The Kier molecular flexibility index (Phi) is 7.53. The Bertz CT molecular complexity index is 748. The average Bonchev–Trinajstić information content (AvgIpc) is 2.42. The van der Waals surface area contributed by atoms with Gasteiger partial charge in [0.05, 0.1) is 0 Å². The van der Waals surface area contributed by atoms with Crippen molar-refractivity contribution >= 4 is 40.0 Å². The maximum absolute atomic E-state index is 12.4. The van der Waals surface area contributed by atoms with Crippen LogP contribution in [-0.4, -0.2) is 35.3 Å². The molecule has 0 spiro atoms. The van der Waals surface area contributed by atoms with Crippen molar-refractivity contribution in [2.45, 2.75) is 52.7 Å². The summed E-state index contributed by atoms with van der Waals surface area (Å²) in [5, 5.41) is 4.62. The highest BCUT2D eigenvalue weighted by atomic mass is 79.9. The Balaban J connectivity index is 3.00. The molecule has 0 radical (unpaired) electrons. The van der Waals surface area contributed by atoms with Crippen molar-refractivity contribution in [3.05, 3.63) is 34.3 Å². The van der Waals surface area contributed by atoms with Crippen molar-refractivity contribution in [2.75, 3.05) is 0 Å². The Morgan fingerprint density at radius 3 is 2.07 bits per heavy atom. The number of hydrogen-bond donors (Lipinski definition) is 2. The van der Waals surface area contributed by atoms with Gasteiger partial charge in [0, 0.05) is 10.0 Å². The Labute approximate surface area is 166 Å². The molecule has 9 heteroatoms. The van der Waals surface area contributed by atoms with Gasteiger partial charge in [-0.1, -0.05) is 22.0 Å². The number of rotatable bonds is 1. The maximum Gasteiger partial charge on any atom is 0.437 e. The molecule has 0 saturated heterocycles. The van der Waals surface area contributed by atoms with Gasteiger partial charge in [0.2, 0.25) is 5.96 Å². The molecular weight excluding hydrogens is 418 g/mol. The van der Waals surface area contributed by atoms with Crippen molar-refractivity contribution in [1.29, 1.82) is 0 Å². The molecule has 0 aliphatic heterocycles. The van der Waals surface area contributed by atoms with E-state index in [4.69, 9.17) is 9.47 Å². The van der Waals surface area contributed by atoms with Crippen LogP contribution in [0.15, 0.2) is 33.7 Å². The van der Waals surface area contributed by atoms with Gasteiger partial charge < -0.3 is 9.47 Å². The molecule has 8 nitrogen and oxygen atoms in total. The molecule has 1 aromatic rings. The van der Waals surface area contributed by atoms with Gasteiger partial charge in [-0.05, 0) is 59.7 Å². The molecule has 0 heterocycles. The molecule has 0 aromatic heterocycles. The molecule has 0 atom stereocenters. The number of aliphatic imine (C=N–C) groups is 1. The van der Waals surface area contributed by atoms with E-state index in [1.165, 1.54) is 0 Å². The number of nitrogens with one attached hydrogen (secondary N) is 2. The van der Waals surface area contributed by atoms with E-state index in [0.717, 1.165) is 0 Å². The van der Waals surface area contributed by atoms with Crippen molar-refractivity contribution in [3.8, 4) is 0 Å². The number of alkyl carbamates (subject to hydrolysis) is 1. The maximum atomic E-state index is 12.4. The molecular formula is C18H24BrN3O5. The highest BCUT2D eigenvalue weighted by Gasteiger charge is 2.21. The molecule has 0 saturated carbocycles. The van der Waals surface area contributed by atoms with Crippen molar-refractivity contribution in [3.63, 3.8) is 0 Å². The minimum atomic E-state index is -0.969. The largest absolute Gasteiger partial charge is 0.444 e. The van der Waals surface area contributed by atoms with Crippen LogP contribution in [0.1, 0.15) is 51.9 Å². The topological polar surface area (TPSA) is 106 Å². The number of nitrogens with zero attached hydrogens (tertiary/aromatic N) is 1. The Hall–Kier alpha value is -2.42. The predicted molar refractivity (Wildman–Crippen MR) is 105 cm³/mol. The zero-order chi connectivity index (χ0) is 20.8. The van der Waals surface area contributed by atoms with Crippen LogP contribution in [0.4, 0.5) is 9.59 Å². The summed E-state index contributed by atoms with van der Waals surface area (Å²) in [4.78, 5) is 39.9. The molecule has 27 heavy (non-hydrogen) atoms. The fourth-order valence-electron chi connectivity index (χ4n) is 1.67. The van der Waals surface area contributed by atoms with Crippen molar-refractivity contribution < 1.29 is 23.9 Å². The summed E-state index contributed by atoms with van der Waals surface area (Å²) in [5.41, 5.74) is -1.26. The van der Waals surface area contributed by atoms with Crippen LogP contribution in [0.5, 0.6) is 0 Å². The second-order valence-electron chi connectivity index (χ2n) is 7.53. The molecule has 1 rings (SSSR count). The highest BCUT2D eigenvalue weighted by Crippen LogP contribution is 2.12. The number of halogens is 1. The lowest BCUT2D eigenvalue weighted by molar-refractivity contribution is 0.0561. The van der Waals surface area contributed by atoms with E-state index in [2.05, 4.69) is 31.6 Å². The van der Waals surface area contributed by atoms with E-state index in [9.17, 15) is 14.4 Å². The van der Waals surface area contributed by atoms with Gasteiger partial charge in [-0.25, -0.2) is 9.59 Å². The minimum absolute atomic E-state index is 0.298. The first kappa shape index (κ1) is 22.6. The molecule has 0 bridgehead atoms. The zero-order valence-corrected chi connectivity index (χ0v) is 17.8. The first-order valence-corrected chi connectivity index (χ1v) is 8.93. The number of guanidine groups is 1. The molecule has 2 N–H and O–H groups in total. The Morgan fingerprint density at radius 1 is 0.963 bits per heavy atom. The highest BCUT2D eigenvalue weighted by molar-refractivity contribution is 9.10. The third kappa shape index (κ3) is 9.74. The lowest BCUT2D eigenvalue weighted by Crippen LogP contribution is -2.46. The molecule has 0 aliphatic rings. The fraction of sp³-hybridized carbons (Fsp3) is 0.444. The number of hydrogen-bond acceptors (Lipinski definition) is 5. The molecule has 0 unspecified atom stereocenters. The van der Waals surface area contributed by atoms with Crippen LogP contribution in [0, 0.1) is 0 Å². The average molecular weight is 442 g/mol. The van der Waals surface area contributed by atoms with E-state index in [1.807, 2.05) is 0 Å². The lowest BCUT2D eigenvalue weighted by Gasteiger charge is -2.20. The van der Waals surface area contributed by atoms with Crippen molar-refractivity contribution in [1.82, 2.24) is 10.6 Å². The SMILES string of the molecule is CC(C)(C)OC(=O)/N=C(\NC(=O)OC(C)(C)C)NC(=O)c1cccc(Br)c1. The number of carbonyl (C=O) groups is 3. The van der Waals surface area contributed by atoms with Gasteiger partial charge in [0.15, 0.2) is 0 Å². The summed E-state index contributed by atoms with van der Waals surface area (Å²) in [7, 11) is 0. The molecule has 3 amide bonds. The summed E-state index contributed by atoms with van der Waals surface area (Å²) < 4.78 is 10.9. The zero-order valence-electron chi connectivity index (χ0n) is 16.2. The summed E-state index contributed by atoms with van der Waals surface area (Å²) in [5.74, 6) is -0.974. The van der Waals surface area contributed by atoms with Gasteiger partial charge in [-0.3, -0.25) is 15.4 Å². The molecule has 0 aliphatic carbocycles. The monoisotopic (exact) mass is 441 g/mol. The fourth-order valence-corrected chi connectivity index (χ4v) is 2.07. The smallest absolute Gasteiger partial charge is 0.437 e. The van der Waals surface area contributed by atoms with Crippen LogP contribution in [0.25, 0.3) is 0 Å². The van der Waals surface area contributed by atoms with E-state index < -0.39 is 35.3 Å². The van der Waals surface area contributed by atoms with Crippen LogP contribution >= 0.6 is 15.9 Å². The summed E-state index contributed by atoms with van der Waals surface area (Å²) in [6.45, 7) is 10.0. The second-order valence-corrected chi connectivity index (χ2v) is 8.45. The normalized spacial score (nSPS) is 12.2. The van der Waals surface area contributed by atoms with E-state index >= 15 is 0 Å². The number of benzene rings is 1. The van der Waals surface area contributed by atoms with Gasteiger partial charge in [-0.15, -0.1) is 4.99 Å². The van der Waals surface area contributed by atoms with Crippen LogP contribution < -0.4 is 10.6 Å².